The summed E-state index contributed by atoms with van der Waals surface area (Å²) >= 11 is 0. The molecule has 430 valence electrons. The van der Waals surface area contributed by atoms with Crippen LogP contribution in [0, 0.1) is 0 Å². The van der Waals surface area contributed by atoms with E-state index in [-0.39, 0.29) is 16.2 Å². The summed E-state index contributed by atoms with van der Waals surface area (Å²) in [6, 6.07) is 108. The number of rotatable bonds is 8. The molecule has 0 atom stereocenters. The third-order valence-electron chi connectivity index (χ3n) is 20.3. The Labute approximate surface area is 527 Å². The molecule has 2 aliphatic rings. The SMILES string of the molecule is CC(C)(C)c1ccc(N(c2ccc3ccccc3c2)c2ccc3c(-c4ccc5c(c4)C(C)(C)c4cc6ccccc6cc4-5)c4cc(N(c5ccccc5)c5ccc6ccccc6c5)ccc4c(-c4ccc5c(c4)C(C)(C)c4cc6ccccc6cc4-5)c3c2)cc1. The molecule has 0 N–H and O–H groups in total. The molecule has 0 saturated heterocycles. The number of benzene rings is 15. The summed E-state index contributed by atoms with van der Waals surface area (Å²) < 4.78 is 0. The van der Waals surface area contributed by atoms with Gasteiger partial charge in [0.2, 0.25) is 0 Å². The molecule has 15 aromatic carbocycles. The van der Waals surface area contributed by atoms with Crippen molar-refractivity contribution in [3.8, 4) is 44.5 Å². The molecule has 2 nitrogen and oxygen atoms in total. The summed E-state index contributed by atoms with van der Waals surface area (Å²) in [7, 11) is 0. The third-order valence-corrected chi connectivity index (χ3v) is 20.3. The van der Waals surface area contributed by atoms with Crippen molar-refractivity contribution in [3.63, 3.8) is 0 Å². The second kappa shape index (κ2) is 20.0. The summed E-state index contributed by atoms with van der Waals surface area (Å²) in [6.45, 7) is 16.6. The number of anilines is 6. The maximum Gasteiger partial charge on any atom is 0.0468 e. The summed E-state index contributed by atoms with van der Waals surface area (Å²) in [6.07, 6.45) is 0. The fourth-order valence-electron chi connectivity index (χ4n) is 15.5. The van der Waals surface area contributed by atoms with Crippen LogP contribution in [0.3, 0.4) is 0 Å². The molecular weight excluding hydrogens is 1080 g/mol. The summed E-state index contributed by atoms with van der Waals surface area (Å²) in [5.41, 5.74) is 22.9. The Balaban J connectivity index is 0.974. The van der Waals surface area contributed by atoms with Gasteiger partial charge in [-0.25, -0.2) is 0 Å². The van der Waals surface area contributed by atoms with Crippen LogP contribution in [0.2, 0.25) is 0 Å². The van der Waals surface area contributed by atoms with E-state index >= 15 is 0 Å². The van der Waals surface area contributed by atoms with Crippen LogP contribution in [-0.4, -0.2) is 0 Å². The minimum atomic E-state index is -0.253. The first-order valence-corrected chi connectivity index (χ1v) is 31.9. The zero-order chi connectivity index (χ0) is 60.8. The Hall–Kier alpha value is -10.5. The lowest BCUT2D eigenvalue weighted by Crippen LogP contribution is -2.15. The first-order chi connectivity index (χ1) is 43.7. The quantitative estimate of drug-likeness (QED) is 0.140. The van der Waals surface area contributed by atoms with Crippen LogP contribution in [0.5, 0.6) is 0 Å². The van der Waals surface area contributed by atoms with Crippen molar-refractivity contribution in [2.45, 2.75) is 64.7 Å². The van der Waals surface area contributed by atoms with Gasteiger partial charge in [-0.3, -0.25) is 0 Å². The molecule has 17 rings (SSSR count). The predicted molar refractivity (Wildman–Crippen MR) is 386 cm³/mol. The predicted octanol–water partition coefficient (Wildman–Crippen LogP) is 24.8. The molecule has 90 heavy (non-hydrogen) atoms. The van der Waals surface area contributed by atoms with E-state index in [1.807, 2.05) is 0 Å². The Morgan fingerprint density at radius 2 is 0.578 bits per heavy atom. The molecule has 0 saturated carbocycles. The molecule has 0 unspecified atom stereocenters. The zero-order valence-electron chi connectivity index (χ0n) is 52.0. The van der Waals surface area contributed by atoms with Crippen LogP contribution >= 0.6 is 0 Å². The molecule has 0 amide bonds. The molecule has 0 aliphatic heterocycles. The molecular formula is C88H68N2. The Kier molecular flexibility index (Phi) is 11.9. The average molecular weight is 1150 g/mol. The lowest BCUT2D eigenvalue weighted by molar-refractivity contribution is 0.590. The van der Waals surface area contributed by atoms with E-state index in [0.29, 0.717) is 0 Å². The Morgan fingerprint density at radius 1 is 0.244 bits per heavy atom. The topological polar surface area (TPSA) is 6.48 Å². The lowest BCUT2D eigenvalue weighted by atomic mass is 9.79. The van der Waals surface area contributed by atoms with Crippen molar-refractivity contribution in [1.82, 2.24) is 0 Å². The minimum absolute atomic E-state index is 0.00197. The number of hydrogen-bond acceptors (Lipinski definition) is 2. The van der Waals surface area contributed by atoms with E-state index in [0.717, 1.165) is 34.1 Å². The molecule has 15 aromatic rings. The summed E-state index contributed by atoms with van der Waals surface area (Å²) in [5, 5.41) is 14.7. The van der Waals surface area contributed by atoms with Gasteiger partial charge in [0.05, 0.1) is 0 Å². The van der Waals surface area contributed by atoms with Crippen LogP contribution < -0.4 is 9.80 Å². The van der Waals surface area contributed by atoms with Crippen LogP contribution in [-0.2, 0) is 16.2 Å². The van der Waals surface area contributed by atoms with Crippen LogP contribution in [0.15, 0.2) is 285 Å². The normalized spacial score (nSPS) is 13.7. The van der Waals surface area contributed by atoms with E-state index in [9.17, 15) is 0 Å². The van der Waals surface area contributed by atoms with E-state index in [1.165, 1.54) is 137 Å². The fraction of sp³-hybridized carbons (Fsp3) is 0.114. The standard InChI is InChI=1S/C88H68N2/c1-86(2,3)65-33-37-67(38-34-65)90(69-36-30-56-20-12-14-22-58(56)46-69)71-40-44-75-79(54-71)85(64-32-42-73-77-48-60-24-16-18-26-62(60)50-83(77)88(6,7)81(73)52-64)74-43-39-70(89(66-27-9-8-10-28-66)68-35-29-55-19-11-13-21-57(55)45-68)53-78(74)84(75)63-31-41-72-76-47-59-23-15-17-25-61(59)49-82(76)87(4,5)80(72)51-63/h8-54H,1-7H3. The highest BCUT2D eigenvalue weighted by atomic mass is 15.1. The van der Waals surface area contributed by atoms with Gasteiger partial charge in [0.15, 0.2) is 0 Å². The van der Waals surface area contributed by atoms with Crippen LogP contribution in [0.25, 0.3) is 109 Å². The van der Waals surface area contributed by atoms with Crippen molar-refractivity contribution in [2.75, 3.05) is 9.80 Å². The molecule has 0 aromatic heterocycles. The van der Waals surface area contributed by atoms with E-state index in [1.54, 1.807) is 0 Å². The Bertz CT molecular complexity index is 5470. The maximum atomic E-state index is 2.55. The smallest absolute Gasteiger partial charge is 0.0468 e. The monoisotopic (exact) mass is 1150 g/mol. The average Bonchev–Trinajstić information content (AvgIpc) is 1.57. The highest BCUT2D eigenvalue weighted by Gasteiger charge is 2.38. The van der Waals surface area contributed by atoms with Gasteiger partial charge in [0.1, 0.15) is 0 Å². The number of hydrogen-bond donors (Lipinski definition) is 0. The minimum Gasteiger partial charge on any atom is -0.310 e. The van der Waals surface area contributed by atoms with Crippen molar-refractivity contribution < 1.29 is 0 Å². The third kappa shape index (κ3) is 8.45. The van der Waals surface area contributed by atoms with Gasteiger partial charge in [-0.1, -0.05) is 224 Å². The fourth-order valence-corrected chi connectivity index (χ4v) is 15.5. The summed E-state index contributed by atoms with van der Waals surface area (Å²) in [4.78, 5) is 4.92. The van der Waals surface area contributed by atoms with Crippen molar-refractivity contribution in [2.24, 2.45) is 0 Å². The van der Waals surface area contributed by atoms with Gasteiger partial charge < -0.3 is 9.80 Å². The van der Waals surface area contributed by atoms with Crippen LogP contribution in [0.4, 0.5) is 34.1 Å². The molecule has 2 aliphatic carbocycles. The lowest BCUT2D eigenvalue weighted by Gasteiger charge is -2.29. The van der Waals surface area contributed by atoms with E-state index < -0.39 is 0 Å². The first-order valence-electron chi connectivity index (χ1n) is 31.9. The van der Waals surface area contributed by atoms with Gasteiger partial charge >= 0.3 is 0 Å². The van der Waals surface area contributed by atoms with Crippen molar-refractivity contribution >= 4 is 98.8 Å². The van der Waals surface area contributed by atoms with Crippen molar-refractivity contribution in [1.29, 1.82) is 0 Å². The highest BCUT2D eigenvalue weighted by molar-refractivity contribution is 6.23. The van der Waals surface area contributed by atoms with Crippen molar-refractivity contribution in [3.05, 3.63) is 313 Å². The highest BCUT2D eigenvalue weighted by Crippen LogP contribution is 2.56. The second-order valence-electron chi connectivity index (χ2n) is 27.3. The molecule has 2 heteroatoms. The molecule has 0 fully saturated rings. The van der Waals surface area contributed by atoms with E-state index in [4.69, 9.17) is 0 Å². The molecule has 0 bridgehead atoms. The van der Waals surface area contributed by atoms with Gasteiger partial charge in [-0.15, -0.1) is 0 Å². The van der Waals surface area contributed by atoms with Gasteiger partial charge in [-0.05, 0) is 252 Å². The largest absolute Gasteiger partial charge is 0.310 e. The second-order valence-corrected chi connectivity index (χ2v) is 27.3. The van der Waals surface area contributed by atoms with E-state index in [2.05, 4.69) is 343 Å². The van der Waals surface area contributed by atoms with Gasteiger partial charge in [0.25, 0.3) is 0 Å². The number of nitrogens with zero attached hydrogens (tertiary/aromatic N) is 2. The molecule has 0 radical (unpaired) electrons. The van der Waals surface area contributed by atoms with Crippen LogP contribution in [0.1, 0.15) is 76.3 Å². The number of fused-ring (bicyclic) bond motifs is 12. The van der Waals surface area contributed by atoms with Gasteiger partial charge in [-0.2, -0.15) is 0 Å². The summed E-state index contributed by atoms with van der Waals surface area (Å²) in [5.74, 6) is 0. The number of para-hydroxylation sites is 1. The first kappa shape index (κ1) is 53.7. The van der Waals surface area contributed by atoms with Gasteiger partial charge in [0, 0.05) is 45.0 Å². The molecule has 0 spiro atoms. The molecule has 0 heterocycles. The zero-order valence-corrected chi connectivity index (χ0v) is 52.0. The Morgan fingerprint density at radius 3 is 1.00 bits per heavy atom. The maximum absolute atomic E-state index is 2.55.